The van der Waals surface area contributed by atoms with Crippen LogP contribution in [0.3, 0.4) is 0 Å². The van der Waals surface area contributed by atoms with Gasteiger partial charge in [-0.25, -0.2) is 4.39 Å². The Bertz CT molecular complexity index is 1450. The minimum Gasteiger partial charge on any atom is -0.494 e. The van der Waals surface area contributed by atoms with Gasteiger partial charge in [0, 0.05) is 11.8 Å². The number of methoxy groups -OCH3 is 1. The lowest BCUT2D eigenvalue weighted by Crippen LogP contribution is -2.32. The van der Waals surface area contributed by atoms with Crippen molar-refractivity contribution in [3.05, 3.63) is 105 Å². The van der Waals surface area contributed by atoms with Gasteiger partial charge in [-0.15, -0.1) is 0 Å². The van der Waals surface area contributed by atoms with Crippen molar-refractivity contribution in [2.75, 3.05) is 12.4 Å². The molecule has 0 bridgehead atoms. The van der Waals surface area contributed by atoms with Crippen LogP contribution in [0.1, 0.15) is 10.4 Å². The highest BCUT2D eigenvalue weighted by Crippen LogP contribution is 2.25. The quantitative estimate of drug-likeness (QED) is 0.427. The molecule has 4 aromatic rings. The molecule has 0 spiro atoms. The number of aromatic hydroxyl groups is 1. The summed E-state index contributed by atoms with van der Waals surface area (Å²) >= 11 is 5.53. The maximum Gasteiger partial charge on any atom is 0.275 e. The Morgan fingerprint density at radius 1 is 0.970 bits per heavy atom. The summed E-state index contributed by atoms with van der Waals surface area (Å²) in [5, 5.41) is 13.5. The molecular weight excluding hydrogens is 445 g/mol. The second kappa shape index (κ2) is 9.09. The van der Waals surface area contributed by atoms with Crippen molar-refractivity contribution >= 4 is 23.8 Å². The van der Waals surface area contributed by atoms with Crippen molar-refractivity contribution in [1.82, 2.24) is 9.13 Å². The largest absolute Gasteiger partial charge is 0.494 e. The predicted molar refractivity (Wildman–Crippen MR) is 125 cm³/mol. The first-order valence-electron chi connectivity index (χ1n) is 9.79. The van der Waals surface area contributed by atoms with Gasteiger partial charge in [0.15, 0.2) is 21.9 Å². The van der Waals surface area contributed by atoms with Crippen LogP contribution in [-0.4, -0.2) is 27.3 Å². The monoisotopic (exact) mass is 463 g/mol. The van der Waals surface area contributed by atoms with Crippen LogP contribution in [0.5, 0.6) is 11.6 Å². The van der Waals surface area contributed by atoms with Gasteiger partial charge in [-0.2, -0.15) is 0 Å². The molecule has 2 N–H and O–H groups in total. The van der Waals surface area contributed by atoms with E-state index in [4.69, 9.17) is 17.0 Å². The second-order valence-electron chi connectivity index (χ2n) is 6.93. The van der Waals surface area contributed by atoms with Crippen LogP contribution in [0.25, 0.3) is 11.4 Å². The molecule has 33 heavy (non-hydrogen) atoms. The number of hydrogen-bond donors (Lipinski definition) is 2. The summed E-state index contributed by atoms with van der Waals surface area (Å²) in [5.41, 5.74) is -0.268. The van der Waals surface area contributed by atoms with E-state index in [-0.39, 0.29) is 16.2 Å². The molecule has 0 radical (unpaired) electrons. The molecule has 0 aliphatic carbocycles. The van der Waals surface area contributed by atoms with Crippen LogP contribution in [-0.2, 0) is 0 Å². The molecule has 9 heteroatoms. The van der Waals surface area contributed by atoms with Crippen LogP contribution in [0.4, 0.5) is 10.1 Å². The van der Waals surface area contributed by atoms with Crippen LogP contribution in [0.15, 0.2) is 83.7 Å². The molecule has 0 saturated heterocycles. The lowest BCUT2D eigenvalue weighted by Gasteiger charge is -2.17. The Kier molecular flexibility index (Phi) is 6.05. The van der Waals surface area contributed by atoms with E-state index in [2.05, 4.69) is 5.32 Å². The number of para-hydroxylation sites is 2. The topological polar surface area (TPSA) is 85.5 Å². The number of benzene rings is 3. The number of anilines is 1. The number of amides is 1. The molecule has 0 aliphatic rings. The van der Waals surface area contributed by atoms with Crippen LogP contribution < -0.4 is 15.6 Å². The van der Waals surface area contributed by atoms with Crippen molar-refractivity contribution in [2.24, 2.45) is 0 Å². The summed E-state index contributed by atoms with van der Waals surface area (Å²) in [4.78, 5) is 26.5. The molecule has 7 nitrogen and oxygen atoms in total. The lowest BCUT2D eigenvalue weighted by molar-refractivity contribution is 0.102. The Labute approximate surface area is 192 Å². The average molecular weight is 463 g/mol. The zero-order chi connectivity index (χ0) is 23.5. The first-order valence-corrected chi connectivity index (χ1v) is 10.2. The fourth-order valence-electron chi connectivity index (χ4n) is 3.34. The van der Waals surface area contributed by atoms with Crippen LogP contribution >= 0.6 is 12.2 Å². The van der Waals surface area contributed by atoms with E-state index in [1.54, 1.807) is 60.7 Å². The number of nitrogens with zero attached hydrogens (tertiary/aromatic N) is 2. The zero-order valence-corrected chi connectivity index (χ0v) is 18.2. The molecule has 0 unspecified atom stereocenters. The third kappa shape index (κ3) is 4.13. The normalized spacial score (nSPS) is 10.6. The number of carbonyl (C=O) groups is 1. The second-order valence-corrected chi connectivity index (χ2v) is 7.30. The minimum atomic E-state index is -0.893. The number of ether oxygens (including phenoxy) is 1. The zero-order valence-electron chi connectivity index (χ0n) is 17.4. The van der Waals surface area contributed by atoms with Gasteiger partial charge >= 0.3 is 0 Å². The van der Waals surface area contributed by atoms with Crippen molar-refractivity contribution in [2.45, 2.75) is 0 Å². The van der Waals surface area contributed by atoms with E-state index >= 15 is 0 Å². The first kappa shape index (κ1) is 22.0. The number of carbonyl (C=O) groups excluding carboxylic acids is 1. The lowest BCUT2D eigenvalue weighted by atomic mass is 10.2. The van der Waals surface area contributed by atoms with Crippen molar-refractivity contribution in [3.63, 3.8) is 0 Å². The highest BCUT2D eigenvalue weighted by molar-refractivity contribution is 7.71. The van der Waals surface area contributed by atoms with Crippen molar-refractivity contribution in [3.8, 4) is 23.0 Å². The smallest absolute Gasteiger partial charge is 0.275 e. The third-order valence-corrected chi connectivity index (χ3v) is 5.26. The fraction of sp³-hybridized carbons (Fsp3) is 0.0417. The third-order valence-electron chi connectivity index (χ3n) is 4.90. The maximum atomic E-state index is 13.7. The molecule has 0 aliphatic heterocycles. The van der Waals surface area contributed by atoms with Crippen molar-refractivity contribution < 1.29 is 19.0 Å². The van der Waals surface area contributed by atoms with Gasteiger partial charge in [0.1, 0.15) is 0 Å². The molecule has 1 amide bonds. The van der Waals surface area contributed by atoms with E-state index in [9.17, 15) is 19.1 Å². The number of rotatable bonds is 5. The Balaban J connectivity index is 1.93. The summed E-state index contributed by atoms with van der Waals surface area (Å²) < 4.78 is 21.1. The summed E-state index contributed by atoms with van der Waals surface area (Å²) in [6.07, 6.45) is 0. The fourth-order valence-corrected chi connectivity index (χ4v) is 3.72. The van der Waals surface area contributed by atoms with Gasteiger partial charge in [0.2, 0.25) is 5.88 Å². The van der Waals surface area contributed by atoms with Gasteiger partial charge in [-0.05, 0) is 48.6 Å². The molecule has 0 atom stereocenters. The molecule has 0 fully saturated rings. The van der Waals surface area contributed by atoms with Crippen LogP contribution in [0, 0.1) is 10.6 Å². The highest BCUT2D eigenvalue weighted by atomic mass is 32.1. The van der Waals surface area contributed by atoms with E-state index < -0.39 is 28.7 Å². The van der Waals surface area contributed by atoms with Gasteiger partial charge < -0.3 is 15.2 Å². The highest BCUT2D eigenvalue weighted by Gasteiger charge is 2.25. The Hall–Kier alpha value is -4.24. The van der Waals surface area contributed by atoms with Gasteiger partial charge in [-0.1, -0.05) is 36.4 Å². The number of hydrogen-bond acceptors (Lipinski definition) is 5. The molecule has 4 rings (SSSR count). The first-order chi connectivity index (χ1) is 15.9. The van der Waals surface area contributed by atoms with E-state index in [0.29, 0.717) is 11.4 Å². The Morgan fingerprint density at radius 2 is 1.55 bits per heavy atom. The average Bonchev–Trinajstić information content (AvgIpc) is 2.81. The molecular formula is C24H18FN3O4S. The van der Waals surface area contributed by atoms with Gasteiger partial charge in [-0.3, -0.25) is 18.7 Å². The minimum absolute atomic E-state index is 0.0186. The molecule has 1 aromatic heterocycles. The van der Waals surface area contributed by atoms with E-state index in [1.165, 1.54) is 28.4 Å². The van der Waals surface area contributed by atoms with Gasteiger partial charge in [0.05, 0.1) is 18.5 Å². The summed E-state index contributed by atoms with van der Waals surface area (Å²) in [5.74, 6) is -2.20. The van der Waals surface area contributed by atoms with E-state index in [0.717, 1.165) is 6.07 Å². The van der Waals surface area contributed by atoms with Gasteiger partial charge in [0.25, 0.3) is 11.5 Å². The van der Waals surface area contributed by atoms with E-state index in [1.807, 2.05) is 0 Å². The molecule has 3 aromatic carbocycles. The predicted octanol–water partition coefficient (Wildman–Crippen LogP) is 4.46. The summed E-state index contributed by atoms with van der Waals surface area (Å²) in [7, 11) is 1.29. The summed E-state index contributed by atoms with van der Waals surface area (Å²) in [6, 6.07) is 20.9. The molecule has 0 saturated carbocycles. The maximum absolute atomic E-state index is 13.7. The van der Waals surface area contributed by atoms with Crippen LogP contribution in [0.2, 0.25) is 0 Å². The Morgan fingerprint density at radius 3 is 2.12 bits per heavy atom. The number of nitrogens with one attached hydrogen (secondary N) is 1. The summed E-state index contributed by atoms with van der Waals surface area (Å²) in [6.45, 7) is 0. The number of halogens is 1. The number of aromatic nitrogens is 2. The SMILES string of the molecule is COc1cc(NC(=O)c2c(O)n(-c3ccccc3)c(=S)n(-c3ccccc3)c2=O)ccc1F. The standard InChI is InChI=1S/C24H18FN3O4S/c1-32-19-14-15(12-13-18(19)25)26-21(29)20-22(30)27(16-8-4-2-5-9-16)24(33)28(23(20)31)17-10-6-3-7-11-17/h2-14,30H,1H3,(H,26,29). The molecule has 166 valence electrons. The molecule has 1 heterocycles. The van der Waals surface area contributed by atoms with Crippen molar-refractivity contribution in [1.29, 1.82) is 0 Å².